The fourth-order valence-electron chi connectivity index (χ4n) is 5.75. The summed E-state index contributed by atoms with van der Waals surface area (Å²) in [6.07, 6.45) is 0. The Kier molecular flexibility index (Phi) is 0.378. The van der Waals surface area contributed by atoms with E-state index in [-0.39, 0.29) is 0 Å². The molecule has 0 N–H and O–H groups in total. The van der Waals surface area contributed by atoms with E-state index in [0.29, 0.717) is 23.1 Å². The van der Waals surface area contributed by atoms with Gasteiger partial charge in [0.1, 0.15) is 23.1 Å². The highest BCUT2D eigenvalue weighted by molar-refractivity contribution is 5.52. The monoisotopic (exact) mass is 164 g/mol. The molecule has 0 amide bonds. The topological polar surface area (TPSA) is 13.0 Å². The molecule has 6 fully saturated rings. The van der Waals surface area contributed by atoms with Gasteiger partial charge in [0.25, 0.3) is 0 Å². The van der Waals surface area contributed by atoms with Gasteiger partial charge in [0.15, 0.2) is 0 Å². The Balaban J connectivity index is 1.86. The van der Waals surface area contributed by atoms with Crippen molar-refractivity contribution >= 4 is 0 Å². The first-order valence-corrected chi connectivity index (χ1v) is 4.68. The molecule has 6 heterocycles. The molecular weight excluding hydrogens is 152 g/mol. The zero-order valence-corrected chi connectivity index (χ0v) is 7.79. The van der Waals surface area contributed by atoms with Crippen LogP contribution in [0.15, 0.2) is 0 Å². The molecule has 0 aromatic carbocycles. The molecule has 6 aliphatic heterocycles. The Labute approximate surface area is 71.3 Å². The highest BCUT2D eigenvalue weighted by Crippen LogP contribution is 2.93. The van der Waals surface area contributed by atoms with Gasteiger partial charge in [-0.2, -0.15) is 0 Å². The van der Waals surface area contributed by atoms with E-state index in [1.807, 2.05) is 0 Å². The summed E-state index contributed by atoms with van der Waals surface area (Å²) in [5.41, 5.74) is 0. The van der Waals surface area contributed by atoms with Crippen molar-refractivity contribution in [1.82, 2.24) is 19.6 Å². The molecule has 0 spiro atoms. The van der Waals surface area contributed by atoms with Crippen LogP contribution in [-0.2, 0) is 0 Å². The molecule has 0 aromatic heterocycles. The van der Waals surface area contributed by atoms with Crippen molar-refractivity contribution in [2.24, 2.45) is 0 Å². The summed E-state index contributed by atoms with van der Waals surface area (Å²) < 4.78 is 0. The van der Waals surface area contributed by atoms with Gasteiger partial charge in [0.05, 0.1) is 0 Å². The zero-order chi connectivity index (χ0) is 8.31. The molecule has 0 saturated carbocycles. The molecule has 6 aliphatic rings. The standard InChI is InChI=1S/C8H12N4/c1-5-9-6(2)10(5)8(4)11(5)7(9,3)12(6)8/h1-4H3/t5-,6+,7?,8?. The van der Waals surface area contributed by atoms with Gasteiger partial charge in [-0.3, -0.25) is 0 Å². The highest BCUT2D eigenvalue weighted by Gasteiger charge is 3.15. The SMILES string of the molecule is CC12N3C4(C)N1[C@]1(C)N2[C@@]3(C)N41. The van der Waals surface area contributed by atoms with Crippen molar-refractivity contribution in [1.29, 1.82) is 0 Å². The number of hydrogen-bond acceptors (Lipinski definition) is 4. The molecule has 0 radical (unpaired) electrons. The normalized spacial score (nSPS) is 83.0. The van der Waals surface area contributed by atoms with Gasteiger partial charge in [-0.05, 0) is 27.7 Å². The van der Waals surface area contributed by atoms with Crippen LogP contribution in [0.3, 0.4) is 0 Å². The van der Waals surface area contributed by atoms with E-state index < -0.39 is 0 Å². The summed E-state index contributed by atoms with van der Waals surface area (Å²) >= 11 is 0. The minimum atomic E-state index is 0.312. The van der Waals surface area contributed by atoms with Crippen LogP contribution in [0.1, 0.15) is 27.7 Å². The minimum absolute atomic E-state index is 0.312. The summed E-state index contributed by atoms with van der Waals surface area (Å²) in [4.78, 5) is 10.4. The van der Waals surface area contributed by atoms with Crippen molar-refractivity contribution < 1.29 is 0 Å². The van der Waals surface area contributed by atoms with Crippen molar-refractivity contribution in [3.05, 3.63) is 0 Å². The maximum absolute atomic E-state index is 2.61. The lowest BCUT2D eigenvalue weighted by atomic mass is 9.57. The second kappa shape index (κ2) is 0.817. The van der Waals surface area contributed by atoms with Crippen molar-refractivity contribution in [2.45, 2.75) is 50.8 Å². The molecule has 0 bridgehead atoms. The fraction of sp³-hybridized carbons (Fsp3) is 1.00. The Bertz CT molecular complexity index is 254. The second-order valence-corrected chi connectivity index (χ2v) is 5.22. The maximum Gasteiger partial charge on any atom is 0.143 e. The predicted octanol–water partition coefficient (Wildman–Crippen LogP) is -0.0428. The van der Waals surface area contributed by atoms with Crippen LogP contribution in [0.25, 0.3) is 0 Å². The van der Waals surface area contributed by atoms with E-state index in [4.69, 9.17) is 0 Å². The lowest BCUT2D eigenvalue weighted by molar-refractivity contribution is -0.875. The molecule has 0 atom stereocenters. The molecule has 64 valence electrons. The molecule has 0 aliphatic carbocycles. The van der Waals surface area contributed by atoms with Crippen LogP contribution in [0, 0.1) is 0 Å². The van der Waals surface area contributed by atoms with E-state index in [1.54, 1.807) is 0 Å². The van der Waals surface area contributed by atoms with Crippen molar-refractivity contribution in [3.8, 4) is 0 Å². The molecule has 4 heteroatoms. The second-order valence-electron chi connectivity index (χ2n) is 5.22. The van der Waals surface area contributed by atoms with Crippen LogP contribution in [0.4, 0.5) is 0 Å². The molecule has 4 nitrogen and oxygen atoms in total. The molecule has 0 unspecified atom stereocenters. The maximum atomic E-state index is 2.61. The Morgan fingerprint density at radius 1 is 0.500 bits per heavy atom. The summed E-state index contributed by atoms with van der Waals surface area (Å²) in [5.74, 6) is 1.25. The van der Waals surface area contributed by atoms with Crippen LogP contribution in [0.2, 0.25) is 0 Å². The van der Waals surface area contributed by atoms with Gasteiger partial charge >= 0.3 is 0 Å². The van der Waals surface area contributed by atoms with E-state index in [9.17, 15) is 0 Å². The largest absolute Gasteiger partial charge is 0.208 e. The quantitative estimate of drug-likeness (QED) is 0.498. The molecule has 12 heavy (non-hydrogen) atoms. The van der Waals surface area contributed by atoms with Crippen molar-refractivity contribution in [3.63, 3.8) is 0 Å². The van der Waals surface area contributed by atoms with E-state index >= 15 is 0 Å². The summed E-state index contributed by atoms with van der Waals surface area (Å²) in [5, 5.41) is 0. The average molecular weight is 164 g/mol. The number of nitrogens with zero attached hydrogens (tertiary/aromatic N) is 4. The summed E-state index contributed by atoms with van der Waals surface area (Å²) in [7, 11) is 0. The lowest BCUT2D eigenvalue weighted by Crippen LogP contribution is -3.40. The predicted molar refractivity (Wildman–Crippen MR) is 41.0 cm³/mol. The first-order chi connectivity index (χ1) is 5.46. The van der Waals surface area contributed by atoms with Gasteiger partial charge in [-0.15, -0.1) is 0 Å². The molecule has 0 aromatic rings. The first kappa shape index (κ1) is 5.54. The van der Waals surface area contributed by atoms with Crippen LogP contribution in [0.5, 0.6) is 0 Å². The molecular formula is C8H12N4. The minimum Gasteiger partial charge on any atom is -0.208 e. The van der Waals surface area contributed by atoms with Gasteiger partial charge in [-0.1, -0.05) is 0 Å². The van der Waals surface area contributed by atoms with Crippen LogP contribution < -0.4 is 0 Å². The Morgan fingerprint density at radius 3 is 0.833 bits per heavy atom. The zero-order valence-electron chi connectivity index (χ0n) is 7.79. The van der Waals surface area contributed by atoms with Crippen LogP contribution >= 0.6 is 0 Å². The van der Waals surface area contributed by atoms with E-state index in [0.717, 1.165) is 0 Å². The van der Waals surface area contributed by atoms with Crippen LogP contribution in [-0.4, -0.2) is 42.7 Å². The number of rotatable bonds is 0. The van der Waals surface area contributed by atoms with Gasteiger partial charge in [0.2, 0.25) is 0 Å². The lowest BCUT2D eigenvalue weighted by Gasteiger charge is -3.19. The molecule has 6 saturated heterocycles. The first-order valence-electron chi connectivity index (χ1n) is 4.68. The van der Waals surface area contributed by atoms with Crippen molar-refractivity contribution in [2.75, 3.05) is 0 Å². The third-order valence-electron chi connectivity index (χ3n) is 5.08. The summed E-state index contributed by atoms with van der Waals surface area (Å²) in [6, 6.07) is 0. The fourth-order valence-corrected chi connectivity index (χ4v) is 5.75. The Hall–Kier alpha value is -0.160. The van der Waals surface area contributed by atoms with Gasteiger partial charge in [-0.25, -0.2) is 19.6 Å². The smallest absolute Gasteiger partial charge is 0.143 e. The van der Waals surface area contributed by atoms with Gasteiger partial charge in [0, 0.05) is 0 Å². The summed E-state index contributed by atoms with van der Waals surface area (Å²) in [6.45, 7) is 9.31. The highest BCUT2D eigenvalue weighted by atomic mass is 16.3. The van der Waals surface area contributed by atoms with E-state index in [2.05, 4.69) is 47.3 Å². The number of hydrogen-bond donors (Lipinski definition) is 0. The molecule has 6 rings (SSSR count). The Morgan fingerprint density at radius 2 is 0.667 bits per heavy atom. The van der Waals surface area contributed by atoms with Gasteiger partial charge < -0.3 is 0 Å². The average Bonchev–Trinajstić information content (AvgIpc) is 1.78. The third-order valence-corrected chi connectivity index (χ3v) is 5.08. The third kappa shape index (κ3) is 0.149. The van der Waals surface area contributed by atoms with E-state index in [1.165, 1.54) is 0 Å².